The molecule has 6 aromatic carbocycles. The lowest BCUT2D eigenvalue weighted by Crippen LogP contribution is -2.06. The summed E-state index contributed by atoms with van der Waals surface area (Å²) in [6, 6.07) is 52.8. The molecule has 610 valence electrons. The fourth-order valence-corrected chi connectivity index (χ4v) is 13.9. The van der Waals surface area contributed by atoms with Crippen LogP contribution in [0.4, 0.5) is 0 Å². The highest BCUT2D eigenvalue weighted by molar-refractivity contribution is 14.1. The fourth-order valence-electron chi connectivity index (χ4n) is 12.7. The van der Waals surface area contributed by atoms with Crippen LogP contribution < -0.4 is 56.8 Å². The molecule has 120 heavy (non-hydrogen) atoms. The van der Waals surface area contributed by atoms with E-state index in [4.69, 9.17) is 56.8 Å². The maximum Gasteiger partial charge on any atom is 0.235 e. The largest absolute Gasteiger partial charge is 0.480 e. The van der Waals surface area contributed by atoms with Gasteiger partial charge in [0.25, 0.3) is 0 Å². The number of ether oxygens (including phenoxy) is 12. The first-order valence-electron chi connectivity index (χ1n) is 36.8. The van der Waals surface area contributed by atoms with E-state index in [1.807, 2.05) is 111 Å². The minimum absolute atomic E-state index is 0.0724. The Labute approximate surface area is 720 Å². The van der Waals surface area contributed by atoms with Crippen molar-refractivity contribution in [2.24, 2.45) is 0 Å². The normalized spacial score (nSPS) is 10.5. The topological polar surface area (TPSA) is 338 Å². The van der Waals surface area contributed by atoms with Crippen molar-refractivity contribution in [2.45, 2.75) is 81.2 Å². The number of methoxy groups -OCH3 is 6. The van der Waals surface area contributed by atoms with Crippen molar-refractivity contribution >= 4 is 82.9 Å². The quantitative estimate of drug-likeness (QED) is 0.0272. The summed E-state index contributed by atoms with van der Waals surface area (Å²) in [5.41, 5.74) is 20.4. The molecule has 0 aliphatic rings. The van der Waals surface area contributed by atoms with Gasteiger partial charge in [0.15, 0.2) is 37.7 Å². The Balaban J connectivity index is 0.000000189. The number of aromatic nitrogens is 6. The van der Waals surface area contributed by atoms with E-state index in [2.05, 4.69) is 127 Å². The molecular formula is C92H80I2N8O18. The standard InChI is InChI=1S/C32H26N4O6.C30H26I2N2O6.C30H28N2O6/c1-19-21(17-41-31-23(13-33)11-25(15-37)29(35-31)39-3)7-5-9-27(19)28-10-6-8-22(20(28)2)18-42-32-24(14-34)12-26(16-38)30(36-32)40-4;1-17-19(15-39-29-25(31)11-21(13-35)27(33-29)37-3)7-5-9-23(17)24-10-6-8-20(18(24)2)16-40-30-26(32)12-22(14-36)28(34-30)38-4;1-19-23(17-37-27-13-11-21(15-33)29(31-27)35-3)7-5-9-25(19)26-10-6-8-24(20(26)2)18-38-28-14-12-22(16-34)30(32-28)36-4/h5-12,15-16H,17-18H2,1-4H3;5-14H,15-16H2,1-4H3;5-16H,17-18H2,1-4H3. The van der Waals surface area contributed by atoms with E-state index in [0.717, 1.165) is 107 Å². The van der Waals surface area contributed by atoms with Crippen molar-refractivity contribution in [2.75, 3.05) is 42.7 Å². The van der Waals surface area contributed by atoms with Gasteiger partial charge in [-0.1, -0.05) is 109 Å². The monoisotopic (exact) mass is 1840 g/mol. The van der Waals surface area contributed by atoms with Gasteiger partial charge in [-0.05, 0) is 223 Å². The zero-order valence-electron chi connectivity index (χ0n) is 67.4. The fraction of sp³-hybridized carbons (Fsp3) is 0.196. The van der Waals surface area contributed by atoms with Crippen LogP contribution in [0.15, 0.2) is 158 Å². The number of nitrogens with zero attached hydrogens (tertiary/aromatic N) is 8. The zero-order valence-corrected chi connectivity index (χ0v) is 71.7. The second-order valence-corrected chi connectivity index (χ2v) is 28.6. The molecule has 0 saturated carbocycles. The molecule has 0 saturated heterocycles. The number of nitriles is 2. The third kappa shape index (κ3) is 21.0. The molecule has 0 unspecified atom stereocenters. The van der Waals surface area contributed by atoms with E-state index < -0.39 is 0 Å². The first-order chi connectivity index (χ1) is 58.2. The highest BCUT2D eigenvalue weighted by Crippen LogP contribution is 2.38. The van der Waals surface area contributed by atoms with E-state index in [0.29, 0.717) is 110 Å². The molecule has 0 atom stereocenters. The van der Waals surface area contributed by atoms with Crippen LogP contribution in [0.1, 0.15) is 140 Å². The van der Waals surface area contributed by atoms with Gasteiger partial charge in [-0.25, -0.2) is 0 Å². The van der Waals surface area contributed by atoms with Gasteiger partial charge in [-0.2, -0.15) is 40.4 Å². The van der Waals surface area contributed by atoms with Gasteiger partial charge < -0.3 is 56.8 Å². The van der Waals surface area contributed by atoms with Gasteiger partial charge in [-0.15, -0.1) is 0 Å². The Morgan fingerprint density at radius 3 is 0.725 bits per heavy atom. The van der Waals surface area contributed by atoms with Crippen molar-refractivity contribution in [1.29, 1.82) is 10.5 Å². The molecule has 0 fully saturated rings. The van der Waals surface area contributed by atoms with E-state index in [1.165, 1.54) is 54.8 Å². The number of hydrogen-bond donors (Lipinski definition) is 0. The lowest BCUT2D eigenvalue weighted by molar-refractivity contribution is 0.111. The van der Waals surface area contributed by atoms with Gasteiger partial charge in [0.2, 0.25) is 70.6 Å². The number of carbonyl (C=O) groups is 6. The zero-order chi connectivity index (χ0) is 86.1. The van der Waals surface area contributed by atoms with Crippen LogP contribution in [0.25, 0.3) is 33.4 Å². The Morgan fingerprint density at radius 2 is 0.492 bits per heavy atom. The molecule has 0 aliphatic heterocycles. The Bertz CT molecular complexity index is 5570. The number of carbonyl (C=O) groups excluding carboxylic acids is 6. The third-order valence-electron chi connectivity index (χ3n) is 19.5. The highest BCUT2D eigenvalue weighted by Gasteiger charge is 2.23. The summed E-state index contributed by atoms with van der Waals surface area (Å²) < 4.78 is 68.3. The average Bonchev–Trinajstić information content (AvgIpc) is 0.793. The molecule has 0 radical (unpaired) electrons. The smallest absolute Gasteiger partial charge is 0.235 e. The van der Waals surface area contributed by atoms with Crippen molar-refractivity contribution in [3.8, 4) is 116 Å². The van der Waals surface area contributed by atoms with Crippen molar-refractivity contribution < 1.29 is 85.6 Å². The Morgan fingerprint density at radius 1 is 0.275 bits per heavy atom. The summed E-state index contributed by atoms with van der Waals surface area (Å²) in [5, 5.41) is 19.0. The summed E-state index contributed by atoms with van der Waals surface area (Å²) in [7, 11) is 8.64. The van der Waals surface area contributed by atoms with E-state index >= 15 is 0 Å². The summed E-state index contributed by atoms with van der Waals surface area (Å²) >= 11 is 4.20. The van der Waals surface area contributed by atoms with Crippen LogP contribution in [0.2, 0.25) is 0 Å². The number of rotatable bonds is 33. The average molecular weight is 1840 g/mol. The van der Waals surface area contributed by atoms with Gasteiger partial charge >= 0.3 is 0 Å². The molecule has 28 heteroatoms. The third-order valence-corrected chi connectivity index (χ3v) is 21.0. The second-order valence-electron chi connectivity index (χ2n) is 26.3. The van der Waals surface area contributed by atoms with E-state index in [-0.39, 0.29) is 82.5 Å². The first-order valence-corrected chi connectivity index (χ1v) is 38.9. The lowest BCUT2D eigenvalue weighted by Gasteiger charge is -2.17. The Hall–Kier alpha value is -13.7. The van der Waals surface area contributed by atoms with Crippen LogP contribution in [0, 0.1) is 71.3 Å². The molecule has 6 aromatic heterocycles. The molecule has 0 N–H and O–H groups in total. The maximum atomic E-state index is 11.3. The molecule has 0 spiro atoms. The Kier molecular flexibility index (Phi) is 31.3. The predicted octanol–water partition coefficient (Wildman–Crippen LogP) is 17.6. The van der Waals surface area contributed by atoms with Crippen LogP contribution in [-0.4, -0.2) is 110 Å². The number of halogens is 2. The van der Waals surface area contributed by atoms with E-state index in [9.17, 15) is 39.3 Å². The summed E-state index contributed by atoms with van der Waals surface area (Å²) in [6.45, 7) is 13.7. The summed E-state index contributed by atoms with van der Waals surface area (Å²) in [6.07, 6.45) is 3.97. The highest BCUT2D eigenvalue weighted by atomic mass is 127. The van der Waals surface area contributed by atoms with Gasteiger partial charge in [0, 0.05) is 12.1 Å². The SMILES string of the molecule is COc1nc(OCc2cccc(-c3cccc(COc4ccc(C=O)c(OC)n4)c3C)c2C)ccc1C=O.COc1nc(OCc2cccc(-c3cccc(COc4nc(OC)c(C=O)cc4C#N)c3C)c2C)c(C#N)cc1C=O.COc1nc(OCc2cccc(-c3cccc(COc4nc(OC)c(C=O)cc4I)c3C)c2C)c(I)cc1C=O. The summed E-state index contributed by atoms with van der Waals surface area (Å²) in [4.78, 5) is 93.0. The molecule has 26 nitrogen and oxygen atoms in total. The summed E-state index contributed by atoms with van der Waals surface area (Å²) in [5.74, 6) is 2.78. The van der Waals surface area contributed by atoms with Crippen molar-refractivity contribution in [3.63, 3.8) is 0 Å². The van der Waals surface area contributed by atoms with Crippen LogP contribution in [-0.2, 0) is 39.6 Å². The first kappa shape index (κ1) is 88.6. The van der Waals surface area contributed by atoms with Crippen LogP contribution in [0.5, 0.6) is 70.6 Å². The van der Waals surface area contributed by atoms with Gasteiger partial charge in [0.05, 0.1) is 83.2 Å². The molecule has 12 aromatic rings. The van der Waals surface area contributed by atoms with E-state index in [1.54, 1.807) is 36.4 Å². The molecule has 0 aliphatic carbocycles. The van der Waals surface area contributed by atoms with Crippen LogP contribution in [0.3, 0.4) is 0 Å². The molecule has 0 amide bonds. The molecule has 6 heterocycles. The maximum absolute atomic E-state index is 11.3. The van der Waals surface area contributed by atoms with Gasteiger partial charge in [0.1, 0.15) is 62.9 Å². The number of pyridine rings is 6. The molecular weight excluding hydrogens is 1760 g/mol. The number of hydrogen-bond acceptors (Lipinski definition) is 26. The predicted molar refractivity (Wildman–Crippen MR) is 462 cm³/mol. The number of benzene rings is 6. The number of aldehydes is 6. The minimum Gasteiger partial charge on any atom is -0.480 e. The second kappa shape index (κ2) is 42.4. The minimum atomic E-state index is 0.0724. The van der Waals surface area contributed by atoms with Gasteiger partial charge in [-0.3, -0.25) is 28.8 Å². The molecule has 12 rings (SSSR count). The van der Waals surface area contributed by atoms with Crippen molar-refractivity contribution in [3.05, 3.63) is 276 Å². The molecule has 0 bridgehead atoms. The van der Waals surface area contributed by atoms with Crippen LogP contribution >= 0.6 is 45.2 Å². The lowest BCUT2D eigenvalue weighted by atomic mass is 9.92. The van der Waals surface area contributed by atoms with Crippen molar-refractivity contribution in [1.82, 2.24) is 29.9 Å².